The van der Waals surface area contributed by atoms with E-state index in [1.54, 1.807) is 6.07 Å². The van der Waals surface area contributed by atoms with Gasteiger partial charge in [-0.1, -0.05) is 0 Å². The highest BCUT2D eigenvalue weighted by atomic mass is 19.4. The first-order chi connectivity index (χ1) is 8.41. The lowest BCUT2D eigenvalue weighted by Gasteiger charge is -2.11. The zero-order valence-corrected chi connectivity index (χ0v) is 8.94. The fourth-order valence-electron chi connectivity index (χ4n) is 1.53. The van der Waals surface area contributed by atoms with E-state index < -0.39 is 11.7 Å². The Kier molecular flexibility index (Phi) is 2.71. The molecule has 1 aromatic heterocycles. The first-order valence-corrected chi connectivity index (χ1v) is 4.83. The maximum atomic E-state index is 12.6. The molecule has 0 spiro atoms. The summed E-state index contributed by atoms with van der Waals surface area (Å²) in [7, 11) is 0. The lowest BCUT2D eigenvalue weighted by molar-refractivity contribution is -0.137. The highest BCUT2D eigenvalue weighted by Crippen LogP contribution is 2.32. The van der Waals surface area contributed by atoms with Crippen molar-refractivity contribution >= 4 is 5.69 Å². The third-order valence-corrected chi connectivity index (χ3v) is 2.29. The summed E-state index contributed by atoms with van der Waals surface area (Å²) in [6.45, 7) is 0. The van der Waals surface area contributed by atoms with Crippen molar-refractivity contribution in [3.05, 3.63) is 42.0 Å². The molecule has 0 bridgehead atoms. The van der Waals surface area contributed by atoms with Crippen LogP contribution in [0.4, 0.5) is 18.9 Å². The summed E-state index contributed by atoms with van der Waals surface area (Å²) in [5.74, 6) is -0.00581. The Morgan fingerprint density at radius 1 is 1.28 bits per heavy atom. The molecule has 2 N–H and O–H groups in total. The molecule has 0 atom stereocenters. The standard InChI is InChI=1S/C11H7F3N4/c12-11(13,14)7-3-8(16)5-9(4-7)18-2-1-17-10(18)6-15/h1-5H,16H2. The van der Waals surface area contributed by atoms with Crippen molar-refractivity contribution in [2.45, 2.75) is 6.18 Å². The Labute approximate surface area is 100 Å². The molecule has 18 heavy (non-hydrogen) atoms. The lowest BCUT2D eigenvalue weighted by Crippen LogP contribution is -2.08. The number of hydrogen-bond acceptors (Lipinski definition) is 3. The third kappa shape index (κ3) is 2.13. The maximum absolute atomic E-state index is 12.6. The van der Waals surface area contributed by atoms with E-state index in [0.717, 1.165) is 12.1 Å². The lowest BCUT2D eigenvalue weighted by atomic mass is 10.1. The molecule has 0 aliphatic heterocycles. The number of anilines is 1. The van der Waals surface area contributed by atoms with Crippen molar-refractivity contribution in [3.63, 3.8) is 0 Å². The number of alkyl halides is 3. The Morgan fingerprint density at radius 3 is 2.61 bits per heavy atom. The molecule has 92 valence electrons. The molecule has 2 aromatic rings. The summed E-state index contributed by atoms with van der Waals surface area (Å²) in [4.78, 5) is 3.71. The molecular formula is C11H7F3N4. The molecule has 0 aliphatic rings. The van der Waals surface area contributed by atoms with Crippen LogP contribution in [-0.2, 0) is 6.18 Å². The van der Waals surface area contributed by atoms with E-state index in [-0.39, 0.29) is 17.2 Å². The first-order valence-electron chi connectivity index (χ1n) is 4.83. The van der Waals surface area contributed by atoms with Gasteiger partial charge in [0.05, 0.1) is 11.3 Å². The van der Waals surface area contributed by atoms with Gasteiger partial charge in [0.2, 0.25) is 5.82 Å². The number of nitrogens with zero attached hydrogens (tertiary/aromatic N) is 3. The second-order valence-corrected chi connectivity index (χ2v) is 3.54. The van der Waals surface area contributed by atoms with Crippen LogP contribution < -0.4 is 5.73 Å². The summed E-state index contributed by atoms with van der Waals surface area (Å²) in [5, 5.41) is 8.78. The van der Waals surface area contributed by atoms with Gasteiger partial charge < -0.3 is 5.73 Å². The smallest absolute Gasteiger partial charge is 0.399 e. The summed E-state index contributed by atoms with van der Waals surface area (Å²) in [6, 6.07) is 4.88. The van der Waals surface area contributed by atoms with Gasteiger partial charge in [-0.15, -0.1) is 0 Å². The van der Waals surface area contributed by atoms with Crippen LogP contribution in [0.3, 0.4) is 0 Å². The van der Waals surface area contributed by atoms with Gasteiger partial charge >= 0.3 is 6.18 Å². The van der Waals surface area contributed by atoms with E-state index in [4.69, 9.17) is 11.0 Å². The van der Waals surface area contributed by atoms with Crippen molar-refractivity contribution in [2.75, 3.05) is 5.73 Å². The van der Waals surface area contributed by atoms with Gasteiger partial charge in [-0.2, -0.15) is 18.4 Å². The summed E-state index contributed by atoms with van der Waals surface area (Å²) in [6.07, 6.45) is -1.76. The van der Waals surface area contributed by atoms with E-state index in [1.807, 2.05) is 0 Å². The average molecular weight is 252 g/mol. The quantitative estimate of drug-likeness (QED) is 0.792. The monoisotopic (exact) mass is 252 g/mol. The molecule has 0 fully saturated rings. The SMILES string of the molecule is N#Cc1nccn1-c1cc(N)cc(C(F)(F)F)c1. The highest BCUT2D eigenvalue weighted by molar-refractivity contribution is 5.52. The number of nitrogens with two attached hydrogens (primary N) is 1. The van der Waals surface area contributed by atoms with Crippen LogP contribution in [0.5, 0.6) is 0 Å². The van der Waals surface area contributed by atoms with Crippen molar-refractivity contribution in [1.82, 2.24) is 9.55 Å². The van der Waals surface area contributed by atoms with Crippen LogP contribution in [0.25, 0.3) is 5.69 Å². The van der Waals surface area contributed by atoms with Crippen LogP contribution in [-0.4, -0.2) is 9.55 Å². The van der Waals surface area contributed by atoms with Crippen LogP contribution in [0.2, 0.25) is 0 Å². The number of halogens is 3. The minimum absolute atomic E-state index is 0.00581. The van der Waals surface area contributed by atoms with E-state index in [2.05, 4.69) is 4.98 Å². The molecule has 2 rings (SSSR count). The Balaban J connectivity index is 2.60. The molecule has 0 aliphatic carbocycles. The van der Waals surface area contributed by atoms with Gasteiger partial charge in [-0.05, 0) is 18.2 Å². The van der Waals surface area contributed by atoms with E-state index in [9.17, 15) is 13.2 Å². The van der Waals surface area contributed by atoms with Gasteiger partial charge in [0.25, 0.3) is 0 Å². The molecule has 0 unspecified atom stereocenters. The zero-order chi connectivity index (χ0) is 13.3. The molecule has 0 saturated heterocycles. The summed E-state index contributed by atoms with van der Waals surface area (Å²) in [5.41, 5.74) is 4.69. The molecule has 1 heterocycles. The predicted octanol–water partition coefficient (Wildman–Crippen LogP) is 2.34. The Hall–Kier alpha value is -2.49. The minimum Gasteiger partial charge on any atom is -0.399 e. The van der Waals surface area contributed by atoms with Gasteiger partial charge in [0, 0.05) is 18.1 Å². The molecule has 0 amide bonds. The number of nitrogen functional groups attached to an aromatic ring is 1. The third-order valence-electron chi connectivity index (χ3n) is 2.29. The van der Waals surface area contributed by atoms with Crippen molar-refractivity contribution in [3.8, 4) is 11.8 Å². The first kappa shape index (κ1) is 12.0. The number of imidazole rings is 1. The number of hydrogen-bond donors (Lipinski definition) is 1. The van der Waals surface area contributed by atoms with Crippen LogP contribution in [0.1, 0.15) is 11.4 Å². The Morgan fingerprint density at radius 2 is 2.00 bits per heavy atom. The molecule has 1 aromatic carbocycles. The largest absolute Gasteiger partial charge is 0.416 e. The van der Waals surface area contributed by atoms with Gasteiger partial charge in [-0.25, -0.2) is 4.98 Å². The molecule has 0 saturated carbocycles. The molecule has 7 heteroatoms. The summed E-state index contributed by atoms with van der Waals surface area (Å²) >= 11 is 0. The number of aromatic nitrogens is 2. The second-order valence-electron chi connectivity index (χ2n) is 3.54. The van der Waals surface area contributed by atoms with Gasteiger partial charge in [0.1, 0.15) is 6.07 Å². The normalized spacial score (nSPS) is 11.2. The van der Waals surface area contributed by atoms with E-state index >= 15 is 0 Å². The maximum Gasteiger partial charge on any atom is 0.416 e. The van der Waals surface area contributed by atoms with Gasteiger partial charge in [-0.3, -0.25) is 4.57 Å². The predicted molar refractivity (Wildman–Crippen MR) is 57.7 cm³/mol. The fraction of sp³-hybridized carbons (Fsp3) is 0.0909. The molecule has 4 nitrogen and oxygen atoms in total. The molecular weight excluding hydrogens is 245 g/mol. The van der Waals surface area contributed by atoms with E-state index in [1.165, 1.54) is 23.0 Å². The number of nitriles is 1. The van der Waals surface area contributed by atoms with Crippen LogP contribution in [0, 0.1) is 11.3 Å². The van der Waals surface area contributed by atoms with Crippen molar-refractivity contribution in [2.24, 2.45) is 0 Å². The molecule has 0 radical (unpaired) electrons. The average Bonchev–Trinajstić information content (AvgIpc) is 2.74. The van der Waals surface area contributed by atoms with Crippen molar-refractivity contribution in [1.29, 1.82) is 5.26 Å². The van der Waals surface area contributed by atoms with Crippen LogP contribution >= 0.6 is 0 Å². The Bertz CT molecular complexity index is 622. The topological polar surface area (TPSA) is 67.6 Å². The summed E-state index contributed by atoms with van der Waals surface area (Å²) < 4.78 is 39.1. The highest BCUT2D eigenvalue weighted by Gasteiger charge is 2.31. The number of rotatable bonds is 1. The zero-order valence-electron chi connectivity index (χ0n) is 8.94. The van der Waals surface area contributed by atoms with Crippen molar-refractivity contribution < 1.29 is 13.2 Å². The van der Waals surface area contributed by atoms with Crippen LogP contribution in [0.15, 0.2) is 30.6 Å². The van der Waals surface area contributed by atoms with E-state index in [0.29, 0.717) is 0 Å². The fourth-order valence-corrected chi connectivity index (χ4v) is 1.53. The van der Waals surface area contributed by atoms with Gasteiger partial charge in [0.15, 0.2) is 0 Å². The second kappa shape index (κ2) is 4.07. The number of benzene rings is 1. The minimum atomic E-state index is -4.49.